The van der Waals surface area contributed by atoms with Crippen LogP contribution in [0.15, 0.2) is 47.4 Å². The fourth-order valence-electron chi connectivity index (χ4n) is 2.87. The summed E-state index contributed by atoms with van der Waals surface area (Å²) >= 11 is 1.67. The minimum absolute atomic E-state index is 0.149. The second kappa shape index (κ2) is 4.46. The molecule has 2 heterocycles. The maximum Gasteiger partial charge on any atom is 0.205 e. The molecule has 0 atom stereocenters. The van der Waals surface area contributed by atoms with Crippen LogP contribution in [-0.2, 0) is 6.42 Å². The van der Waals surface area contributed by atoms with Crippen LogP contribution in [0.5, 0.6) is 0 Å². The van der Waals surface area contributed by atoms with E-state index in [0.29, 0.717) is 0 Å². The molecular weight excluding hydrogens is 266 g/mol. The van der Waals surface area contributed by atoms with Gasteiger partial charge in [0.25, 0.3) is 0 Å². The number of aryl methyl sites for hydroxylation is 1. The number of benzene rings is 1. The Morgan fingerprint density at radius 3 is 2.85 bits per heavy atom. The SMILES string of the molecule is O=C1/C(=C/c2cccs2)CCc2c1[nH]c1ccccc21. The Labute approximate surface area is 120 Å². The smallest absolute Gasteiger partial charge is 0.205 e. The zero-order valence-electron chi connectivity index (χ0n) is 10.8. The monoisotopic (exact) mass is 279 g/mol. The van der Waals surface area contributed by atoms with E-state index in [1.807, 2.05) is 41.8 Å². The molecule has 1 aliphatic rings. The Kier molecular flexibility index (Phi) is 2.60. The minimum Gasteiger partial charge on any atom is -0.352 e. The van der Waals surface area contributed by atoms with Crippen molar-refractivity contribution >= 4 is 34.1 Å². The van der Waals surface area contributed by atoms with Crippen LogP contribution in [0.1, 0.15) is 27.3 Å². The number of aromatic amines is 1. The highest BCUT2D eigenvalue weighted by atomic mass is 32.1. The number of para-hydroxylation sites is 1. The lowest BCUT2D eigenvalue weighted by Gasteiger charge is -2.13. The maximum absolute atomic E-state index is 12.6. The predicted octanol–water partition coefficient (Wildman–Crippen LogP) is 4.44. The van der Waals surface area contributed by atoms with Gasteiger partial charge in [-0.2, -0.15) is 0 Å². The van der Waals surface area contributed by atoms with Gasteiger partial charge < -0.3 is 4.98 Å². The molecule has 2 aromatic heterocycles. The molecule has 0 amide bonds. The van der Waals surface area contributed by atoms with Crippen LogP contribution in [-0.4, -0.2) is 10.8 Å². The average Bonchev–Trinajstić information content (AvgIpc) is 3.09. The first-order valence-corrected chi connectivity index (χ1v) is 7.59. The fourth-order valence-corrected chi connectivity index (χ4v) is 3.55. The van der Waals surface area contributed by atoms with Crippen LogP contribution in [0.25, 0.3) is 17.0 Å². The van der Waals surface area contributed by atoms with Crippen molar-refractivity contribution in [1.82, 2.24) is 4.98 Å². The highest BCUT2D eigenvalue weighted by Gasteiger charge is 2.25. The van der Waals surface area contributed by atoms with E-state index in [1.165, 1.54) is 10.9 Å². The summed E-state index contributed by atoms with van der Waals surface area (Å²) in [4.78, 5) is 17.1. The first-order valence-electron chi connectivity index (χ1n) is 6.71. The fraction of sp³-hybridized carbons (Fsp3) is 0.118. The van der Waals surface area contributed by atoms with Crippen molar-refractivity contribution in [2.45, 2.75) is 12.8 Å². The van der Waals surface area contributed by atoms with E-state index in [-0.39, 0.29) is 5.78 Å². The zero-order chi connectivity index (χ0) is 13.5. The van der Waals surface area contributed by atoms with Gasteiger partial charge in [0.1, 0.15) is 0 Å². The van der Waals surface area contributed by atoms with Crippen molar-refractivity contribution in [1.29, 1.82) is 0 Å². The second-order valence-corrected chi connectivity index (χ2v) is 6.02. The molecule has 3 aromatic rings. The first-order chi connectivity index (χ1) is 9.83. The standard InChI is InChI=1S/C17H13NOS/c19-17-11(10-12-4-3-9-20-12)7-8-14-13-5-1-2-6-15(13)18-16(14)17/h1-6,9-10,18H,7-8H2/b11-10+. The lowest BCUT2D eigenvalue weighted by atomic mass is 9.90. The van der Waals surface area contributed by atoms with E-state index in [4.69, 9.17) is 0 Å². The van der Waals surface area contributed by atoms with Crippen molar-refractivity contribution in [2.75, 3.05) is 0 Å². The zero-order valence-corrected chi connectivity index (χ0v) is 11.7. The number of carbonyl (C=O) groups is 1. The number of nitrogens with one attached hydrogen (secondary N) is 1. The van der Waals surface area contributed by atoms with Gasteiger partial charge in [-0.1, -0.05) is 24.3 Å². The second-order valence-electron chi connectivity index (χ2n) is 5.04. The summed E-state index contributed by atoms with van der Waals surface area (Å²) in [5, 5.41) is 3.22. The summed E-state index contributed by atoms with van der Waals surface area (Å²) in [6.45, 7) is 0. The molecule has 1 aliphatic carbocycles. The van der Waals surface area contributed by atoms with Gasteiger partial charge in [0.05, 0.1) is 5.69 Å². The van der Waals surface area contributed by atoms with Gasteiger partial charge >= 0.3 is 0 Å². The van der Waals surface area contributed by atoms with Crippen LogP contribution in [0, 0.1) is 0 Å². The van der Waals surface area contributed by atoms with Crippen molar-refractivity contribution in [3.8, 4) is 0 Å². The molecule has 98 valence electrons. The molecule has 0 fully saturated rings. The van der Waals surface area contributed by atoms with Crippen LogP contribution >= 0.6 is 11.3 Å². The van der Waals surface area contributed by atoms with E-state index in [1.54, 1.807) is 11.3 Å². The lowest BCUT2D eigenvalue weighted by molar-refractivity contribution is 0.102. The van der Waals surface area contributed by atoms with Crippen molar-refractivity contribution < 1.29 is 4.79 Å². The van der Waals surface area contributed by atoms with Gasteiger partial charge in [-0.3, -0.25) is 4.79 Å². The number of Topliss-reactive ketones (excluding diaryl/α,β-unsaturated/α-hetero) is 1. The molecular formula is C17H13NOS. The number of hydrogen-bond acceptors (Lipinski definition) is 2. The predicted molar refractivity (Wildman–Crippen MR) is 83.2 cm³/mol. The topological polar surface area (TPSA) is 32.9 Å². The molecule has 4 rings (SSSR count). The van der Waals surface area contributed by atoms with E-state index in [2.05, 4.69) is 11.1 Å². The summed E-state index contributed by atoms with van der Waals surface area (Å²) in [5.74, 6) is 0.149. The molecule has 0 spiro atoms. The van der Waals surface area contributed by atoms with Gasteiger partial charge in [0.15, 0.2) is 0 Å². The molecule has 1 N–H and O–H groups in total. The van der Waals surface area contributed by atoms with E-state index in [0.717, 1.165) is 34.5 Å². The molecule has 0 unspecified atom stereocenters. The number of thiophene rings is 1. The number of allylic oxidation sites excluding steroid dienone is 1. The molecule has 0 radical (unpaired) electrons. The van der Waals surface area contributed by atoms with Gasteiger partial charge in [-0.15, -0.1) is 11.3 Å². The van der Waals surface area contributed by atoms with Crippen molar-refractivity contribution in [2.24, 2.45) is 0 Å². The van der Waals surface area contributed by atoms with Crippen LogP contribution in [0.3, 0.4) is 0 Å². The van der Waals surface area contributed by atoms with Gasteiger partial charge in [-0.05, 0) is 42.0 Å². The molecule has 1 aromatic carbocycles. The number of hydrogen-bond donors (Lipinski definition) is 1. The van der Waals surface area contributed by atoms with Gasteiger partial charge in [0.2, 0.25) is 5.78 Å². The Hall–Kier alpha value is -2.13. The first kappa shape index (κ1) is 11.7. The Morgan fingerprint density at radius 1 is 1.10 bits per heavy atom. The molecule has 20 heavy (non-hydrogen) atoms. The van der Waals surface area contributed by atoms with E-state index >= 15 is 0 Å². The highest BCUT2D eigenvalue weighted by molar-refractivity contribution is 7.10. The third-order valence-electron chi connectivity index (χ3n) is 3.84. The molecule has 0 aliphatic heterocycles. The van der Waals surface area contributed by atoms with Gasteiger partial charge in [-0.25, -0.2) is 0 Å². The highest BCUT2D eigenvalue weighted by Crippen LogP contribution is 2.32. The third kappa shape index (κ3) is 1.74. The number of rotatable bonds is 1. The van der Waals surface area contributed by atoms with E-state index < -0.39 is 0 Å². The molecule has 3 heteroatoms. The number of carbonyl (C=O) groups excluding carboxylic acids is 1. The summed E-state index contributed by atoms with van der Waals surface area (Å²) in [7, 11) is 0. The minimum atomic E-state index is 0.149. The number of ketones is 1. The van der Waals surface area contributed by atoms with Crippen LogP contribution < -0.4 is 0 Å². The summed E-state index contributed by atoms with van der Waals surface area (Å²) in [6, 6.07) is 12.2. The summed E-state index contributed by atoms with van der Waals surface area (Å²) in [5.41, 5.74) is 3.92. The lowest BCUT2D eigenvalue weighted by Crippen LogP contribution is -2.13. The molecule has 0 saturated heterocycles. The van der Waals surface area contributed by atoms with Gasteiger partial charge in [0, 0.05) is 21.4 Å². The van der Waals surface area contributed by atoms with Crippen molar-refractivity contribution in [3.63, 3.8) is 0 Å². The normalized spacial score (nSPS) is 16.8. The Morgan fingerprint density at radius 2 is 2.00 bits per heavy atom. The number of H-pyrrole nitrogens is 1. The van der Waals surface area contributed by atoms with Crippen LogP contribution in [0.4, 0.5) is 0 Å². The number of aromatic nitrogens is 1. The maximum atomic E-state index is 12.6. The Balaban J connectivity index is 1.83. The summed E-state index contributed by atoms with van der Waals surface area (Å²) in [6.07, 6.45) is 3.79. The third-order valence-corrected chi connectivity index (χ3v) is 4.66. The molecule has 0 bridgehead atoms. The molecule has 2 nitrogen and oxygen atoms in total. The average molecular weight is 279 g/mol. The van der Waals surface area contributed by atoms with Crippen molar-refractivity contribution in [3.05, 3.63) is 63.5 Å². The largest absolute Gasteiger partial charge is 0.352 e. The Bertz CT molecular complexity index is 824. The van der Waals surface area contributed by atoms with Crippen LogP contribution in [0.2, 0.25) is 0 Å². The molecule has 0 saturated carbocycles. The quantitative estimate of drug-likeness (QED) is 0.656. The number of fused-ring (bicyclic) bond motifs is 3. The van der Waals surface area contributed by atoms with E-state index in [9.17, 15) is 4.79 Å². The summed E-state index contributed by atoms with van der Waals surface area (Å²) < 4.78 is 0.